The fraction of sp³-hybridized carbons (Fsp3) is 0.667. The summed E-state index contributed by atoms with van der Waals surface area (Å²) in [5.41, 5.74) is 15.7. The van der Waals surface area contributed by atoms with Crippen LogP contribution < -0.4 is 33.0 Å². The summed E-state index contributed by atoms with van der Waals surface area (Å²) in [6.07, 6.45) is -1.57. The largest absolute Gasteiger partial charge is 0.480 e. The molecular weight excluding hydrogens is 356 g/mol. The number of aliphatic hydroxyl groups excluding tert-OH is 2. The molecule has 13 heteroatoms. The lowest BCUT2D eigenvalue weighted by molar-refractivity contribution is -0.141. The number of rotatable bonds is 11. The number of aliphatic carboxylic acids is 1. The number of primary amides is 1. The molecule has 0 radical (unpaired) electrons. The topological polar surface area (TPSA) is 212 Å². The first kappa shape index (κ1) is 22.9. The lowest BCUT2D eigenvalue weighted by atomic mass is 10.2. The normalized spacial score (nSPS) is 15.4. The molecule has 0 saturated heterocycles. The molecule has 0 aliphatic carbocycles. The number of hydrogen-bond acceptors (Lipinski definition) is 8. The maximum absolute atomic E-state index is 11.8. The smallest absolute Gasteiger partial charge is 0.328 e. The number of hydrazine groups is 1. The molecule has 0 aromatic heterocycles. The van der Waals surface area contributed by atoms with E-state index in [2.05, 4.69) is 21.5 Å². The van der Waals surface area contributed by atoms with Crippen LogP contribution >= 0.6 is 12.2 Å². The SMILES string of the molecule is CC(O)[C@H](NC(=O)N[C@H](CNNC(=S)[C@@H](N)CO)CC(N)=O)C(=O)O. The van der Waals surface area contributed by atoms with Crippen LogP contribution in [0.5, 0.6) is 0 Å². The molecule has 0 bridgehead atoms. The number of carbonyl (C=O) groups is 3. The maximum Gasteiger partial charge on any atom is 0.328 e. The molecule has 0 heterocycles. The van der Waals surface area contributed by atoms with E-state index in [0.29, 0.717) is 0 Å². The number of thiocarbonyl (C=S) groups is 1. The molecule has 11 N–H and O–H groups in total. The van der Waals surface area contributed by atoms with Gasteiger partial charge in [-0.3, -0.25) is 4.79 Å². The first-order chi connectivity index (χ1) is 11.6. The first-order valence-electron chi connectivity index (χ1n) is 7.23. The van der Waals surface area contributed by atoms with Crippen molar-refractivity contribution in [3.63, 3.8) is 0 Å². The van der Waals surface area contributed by atoms with Gasteiger partial charge in [0.2, 0.25) is 5.91 Å². The van der Waals surface area contributed by atoms with E-state index in [4.69, 9.17) is 33.9 Å². The van der Waals surface area contributed by atoms with Crippen LogP contribution in [0.15, 0.2) is 0 Å². The van der Waals surface area contributed by atoms with Gasteiger partial charge in [-0.2, -0.15) is 0 Å². The second-order valence-electron chi connectivity index (χ2n) is 5.20. The van der Waals surface area contributed by atoms with Crippen molar-refractivity contribution in [1.82, 2.24) is 21.5 Å². The minimum Gasteiger partial charge on any atom is -0.480 e. The quantitative estimate of drug-likeness (QED) is 0.125. The van der Waals surface area contributed by atoms with E-state index in [0.717, 1.165) is 0 Å². The molecule has 0 aliphatic heterocycles. The van der Waals surface area contributed by atoms with Gasteiger partial charge in [0.25, 0.3) is 0 Å². The Kier molecular flexibility index (Phi) is 10.5. The third kappa shape index (κ3) is 9.73. The molecule has 25 heavy (non-hydrogen) atoms. The number of aliphatic hydroxyl groups is 2. The predicted molar refractivity (Wildman–Crippen MR) is 91.2 cm³/mol. The Morgan fingerprint density at radius 2 is 1.84 bits per heavy atom. The zero-order valence-electron chi connectivity index (χ0n) is 13.6. The average Bonchev–Trinajstić information content (AvgIpc) is 2.50. The van der Waals surface area contributed by atoms with E-state index in [1.807, 2.05) is 0 Å². The summed E-state index contributed by atoms with van der Waals surface area (Å²) in [6, 6.07) is -4.01. The van der Waals surface area contributed by atoms with Crippen LogP contribution in [0.1, 0.15) is 13.3 Å². The number of nitrogens with two attached hydrogens (primary N) is 2. The molecule has 12 nitrogen and oxygen atoms in total. The third-order valence-electron chi connectivity index (χ3n) is 2.91. The van der Waals surface area contributed by atoms with Gasteiger partial charge < -0.3 is 42.8 Å². The van der Waals surface area contributed by atoms with E-state index in [1.54, 1.807) is 0 Å². The monoisotopic (exact) mass is 380 g/mol. The van der Waals surface area contributed by atoms with Gasteiger partial charge in [0.1, 0.15) is 4.99 Å². The minimum absolute atomic E-state index is 0.0128. The van der Waals surface area contributed by atoms with Crippen LogP contribution in [0.4, 0.5) is 4.79 Å². The van der Waals surface area contributed by atoms with Gasteiger partial charge in [0, 0.05) is 13.0 Å². The van der Waals surface area contributed by atoms with Crippen LogP contribution in [-0.4, -0.2) is 75.6 Å². The molecule has 0 saturated carbocycles. The van der Waals surface area contributed by atoms with Gasteiger partial charge >= 0.3 is 12.0 Å². The van der Waals surface area contributed by atoms with Crippen LogP contribution in [0.2, 0.25) is 0 Å². The van der Waals surface area contributed by atoms with Crippen LogP contribution in [0.25, 0.3) is 0 Å². The van der Waals surface area contributed by atoms with Crippen molar-refractivity contribution in [2.45, 2.75) is 37.6 Å². The van der Waals surface area contributed by atoms with E-state index in [1.165, 1.54) is 6.92 Å². The fourth-order valence-corrected chi connectivity index (χ4v) is 1.76. The van der Waals surface area contributed by atoms with E-state index < -0.39 is 42.1 Å². The summed E-state index contributed by atoms with van der Waals surface area (Å²) in [5, 5.41) is 31.5. The van der Waals surface area contributed by atoms with Crippen molar-refractivity contribution in [3.8, 4) is 0 Å². The van der Waals surface area contributed by atoms with Gasteiger partial charge in [-0.1, -0.05) is 12.2 Å². The van der Waals surface area contributed by atoms with E-state index >= 15 is 0 Å². The fourth-order valence-electron chi connectivity index (χ4n) is 1.61. The van der Waals surface area contributed by atoms with Crippen LogP contribution in [-0.2, 0) is 9.59 Å². The Hall–Kier alpha value is -2.06. The standard InChI is InChI=1S/C12H24N6O6S/c1-5(20)9(11(22)23)17-12(24)16-6(2-8(14)21)3-15-18-10(25)7(13)4-19/h5-7,9,15,19-20H,2-4,13H2,1H3,(H2,14,21)(H,18,25)(H,22,23)(H2,16,17,24)/t5?,6-,7-,9-/m0/s1. The Balaban J connectivity index is 4.61. The lowest BCUT2D eigenvalue weighted by Crippen LogP contribution is -2.56. The summed E-state index contributed by atoms with van der Waals surface area (Å²) in [7, 11) is 0. The summed E-state index contributed by atoms with van der Waals surface area (Å²) in [4.78, 5) is 34.0. The van der Waals surface area contributed by atoms with E-state index in [-0.39, 0.29) is 24.6 Å². The summed E-state index contributed by atoms with van der Waals surface area (Å²) in [6.45, 7) is 0.826. The molecule has 0 fully saturated rings. The molecule has 4 atom stereocenters. The zero-order valence-corrected chi connectivity index (χ0v) is 14.4. The van der Waals surface area contributed by atoms with Crippen molar-refractivity contribution >= 4 is 35.1 Å². The first-order valence-corrected chi connectivity index (χ1v) is 7.64. The van der Waals surface area contributed by atoms with Crippen molar-refractivity contribution in [1.29, 1.82) is 0 Å². The third-order valence-corrected chi connectivity index (χ3v) is 3.32. The molecule has 0 aliphatic rings. The second kappa shape index (κ2) is 11.5. The highest BCUT2D eigenvalue weighted by atomic mass is 32.1. The van der Waals surface area contributed by atoms with Crippen LogP contribution in [0, 0.1) is 0 Å². The number of urea groups is 1. The Bertz CT molecular complexity index is 491. The molecule has 1 unspecified atom stereocenters. The molecule has 0 aromatic rings. The molecule has 0 rings (SSSR count). The molecular formula is C12H24N6O6S. The number of carboxylic acid groups (broad SMARTS) is 1. The molecule has 0 spiro atoms. The van der Waals surface area contributed by atoms with Crippen molar-refractivity contribution in [3.05, 3.63) is 0 Å². The highest BCUT2D eigenvalue weighted by Crippen LogP contribution is 1.95. The lowest BCUT2D eigenvalue weighted by Gasteiger charge is -2.22. The number of amides is 3. The van der Waals surface area contributed by atoms with Crippen molar-refractivity contribution in [2.75, 3.05) is 13.2 Å². The van der Waals surface area contributed by atoms with Crippen molar-refractivity contribution < 1.29 is 29.7 Å². The Morgan fingerprint density at radius 3 is 2.28 bits per heavy atom. The zero-order chi connectivity index (χ0) is 19.6. The predicted octanol–water partition coefficient (Wildman–Crippen LogP) is -3.90. The van der Waals surface area contributed by atoms with E-state index in [9.17, 15) is 19.5 Å². The van der Waals surface area contributed by atoms with Gasteiger partial charge in [-0.05, 0) is 6.92 Å². The van der Waals surface area contributed by atoms with Gasteiger partial charge in [0.15, 0.2) is 6.04 Å². The highest BCUT2D eigenvalue weighted by Gasteiger charge is 2.26. The number of carboxylic acids is 1. The Labute approximate surface area is 149 Å². The highest BCUT2D eigenvalue weighted by molar-refractivity contribution is 7.80. The number of nitrogens with one attached hydrogen (secondary N) is 4. The molecule has 144 valence electrons. The van der Waals surface area contributed by atoms with Gasteiger partial charge in [-0.15, -0.1) is 0 Å². The average molecular weight is 380 g/mol. The van der Waals surface area contributed by atoms with Gasteiger partial charge in [-0.25, -0.2) is 15.0 Å². The number of hydrogen-bond donors (Lipinski definition) is 9. The van der Waals surface area contributed by atoms with Crippen molar-refractivity contribution in [2.24, 2.45) is 11.5 Å². The van der Waals surface area contributed by atoms with Gasteiger partial charge in [0.05, 0.1) is 24.8 Å². The summed E-state index contributed by atoms with van der Waals surface area (Å²) in [5.74, 6) is -2.12. The summed E-state index contributed by atoms with van der Waals surface area (Å²) >= 11 is 4.87. The maximum atomic E-state index is 11.8. The number of carbonyl (C=O) groups excluding carboxylic acids is 2. The molecule has 0 aromatic carbocycles. The van der Waals surface area contributed by atoms with Crippen LogP contribution in [0.3, 0.4) is 0 Å². The Morgan fingerprint density at radius 1 is 1.24 bits per heavy atom. The second-order valence-corrected chi connectivity index (χ2v) is 5.64. The summed E-state index contributed by atoms with van der Waals surface area (Å²) < 4.78 is 0. The molecule has 3 amide bonds. The minimum atomic E-state index is -1.52.